The Kier molecular flexibility index (Phi) is 14.2. The summed E-state index contributed by atoms with van der Waals surface area (Å²) in [6, 6.07) is 14.6. The smallest absolute Gasteiger partial charge is 0.407 e. The molecule has 1 spiro atoms. The van der Waals surface area contributed by atoms with Crippen molar-refractivity contribution < 1.29 is 42.5 Å². The minimum absolute atomic E-state index is 0.00473. The van der Waals surface area contributed by atoms with E-state index in [2.05, 4.69) is 35.6 Å². The van der Waals surface area contributed by atoms with Crippen molar-refractivity contribution >= 4 is 35.0 Å². The first-order valence-corrected chi connectivity index (χ1v) is 25.6. The molecule has 2 aliphatic heterocycles. The maximum atomic E-state index is 16.6. The van der Waals surface area contributed by atoms with Crippen LogP contribution in [0.4, 0.5) is 18.4 Å². The predicted molar refractivity (Wildman–Crippen MR) is 272 cm³/mol. The van der Waals surface area contributed by atoms with Gasteiger partial charge in [-0.05, 0) is 121 Å². The quantitative estimate of drug-likeness (QED) is 0.0659. The molecule has 73 heavy (non-hydrogen) atoms. The number of amides is 4. The molecule has 2 bridgehead atoms. The number of ether oxygens (including phenoxy) is 2. The van der Waals surface area contributed by atoms with Gasteiger partial charge in [0.15, 0.2) is 0 Å². The number of carbonyl (C=O) groups excluding carboxylic acids is 4. The highest BCUT2D eigenvalue weighted by atomic mass is 19.3. The first kappa shape index (κ1) is 51.5. The van der Waals surface area contributed by atoms with Crippen molar-refractivity contribution in [3.63, 3.8) is 0 Å². The number of methoxy groups -OCH3 is 2. The molecule has 6 N–H and O–H groups in total. The molecule has 18 heteroatoms. The van der Waals surface area contributed by atoms with E-state index >= 15 is 8.78 Å². The number of benzene rings is 3. The van der Waals surface area contributed by atoms with Crippen LogP contribution < -0.4 is 16.0 Å². The van der Waals surface area contributed by atoms with Crippen LogP contribution in [0.15, 0.2) is 60.8 Å². The van der Waals surface area contributed by atoms with Crippen LogP contribution in [0.5, 0.6) is 0 Å². The van der Waals surface area contributed by atoms with E-state index in [0.717, 1.165) is 54.5 Å². The lowest BCUT2D eigenvalue weighted by molar-refractivity contribution is -0.139. The van der Waals surface area contributed by atoms with Crippen molar-refractivity contribution in [3.05, 3.63) is 83.6 Å². The number of piperidine rings is 1. The third-order valence-electron chi connectivity index (χ3n) is 16.1. The average Bonchev–Trinajstić information content (AvgIpc) is 4.03. The molecule has 7 atom stereocenters. The number of aliphatic hydroxyl groups is 1. The second kappa shape index (κ2) is 20.1. The van der Waals surface area contributed by atoms with Crippen molar-refractivity contribution in [2.24, 2.45) is 29.1 Å². The number of aromatic amines is 2. The van der Waals surface area contributed by atoms with Gasteiger partial charge in [-0.1, -0.05) is 71.9 Å². The van der Waals surface area contributed by atoms with Crippen molar-refractivity contribution in [2.75, 3.05) is 27.5 Å². The van der Waals surface area contributed by atoms with Crippen LogP contribution in [0.25, 0.3) is 44.5 Å². The minimum Gasteiger partial charge on any atom is -0.453 e. The minimum atomic E-state index is -3.26. The Hall–Kier alpha value is -6.40. The standard InChI is InChI=1S/C48H54F2N8O5.C7H15NO2/c1-24(2)39(56-46(62)63-5)44(60)55-40(25(3)4)45(61)57-22-47(14-15-47)20-38(57)42-51-21-37(54-42)28-8-12-32-31-11-7-26(17-33(31)48(49,50)34(32)18-28)27-9-13-35-36(19-27)53-43(52-35)41-29-6-10-30(16-29)58(41)23-59;1-5(2)6(3)8-7(9)10-4/h7-9,11-13,17-19,21,24-25,29-30,38-41,59H,6,10,14-16,20,22-23H2,1-5H3,(H,51,54)(H,52,53)(H,55,60)(H,56,62);5-6H,1-4H3,(H,8,9). The van der Waals surface area contributed by atoms with Gasteiger partial charge < -0.3 is 45.4 Å². The van der Waals surface area contributed by atoms with Crippen LogP contribution in [-0.2, 0) is 25.0 Å². The number of alkyl halides is 2. The normalized spacial score (nSPS) is 22.2. The molecule has 4 heterocycles. The number of nitrogens with zero attached hydrogens (tertiary/aromatic N) is 4. The molecule has 390 valence electrons. The monoisotopic (exact) mass is 1010 g/mol. The summed E-state index contributed by atoms with van der Waals surface area (Å²) in [5, 5.41) is 18.3. The average molecular weight is 1010 g/mol. The van der Waals surface area contributed by atoms with Gasteiger partial charge in [0.25, 0.3) is 5.92 Å². The summed E-state index contributed by atoms with van der Waals surface area (Å²) in [6.07, 6.45) is 6.47. The number of alkyl carbamates (subject to hydrolysis) is 2. The number of aliphatic hydroxyl groups excluding tert-OH is 1. The maximum absolute atomic E-state index is 16.6. The molecule has 7 unspecified atom stereocenters. The summed E-state index contributed by atoms with van der Waals surface area (Å²) >= 11 is 0. The first-order valence-electron chi connectivity index (χ1n) is 25.6. The topological polar surface area (TPSA) is 207 Å². The van der Waals surface area contributed by atoms with E-state index in [1.807, 2.05) is 65.0 Å². The highest BCUT2D eigenvalue weighted by molar-refractivity contribution is 5.92. The van der Waals surface area contributed by atoms with Crippen LogP contribution in [0.1, 0.15) is 122 Å². The van der Waals surface area contributed by atoms with E-state index in [4.69, 9.17) is 14.7 Å². The van der Waals surface area contributed by atoms with Crippen molar-refractivity contribution in [3.8, 4) is 33.5 Å². The Morgan fingerprint density at radius 1 is 0.781 bits per heavy atom. The van der Waals surface area contributed by atoms with Gasteiger partial charge in [-0.25, -0.2) is 19.6 Å². The van der Waals surface area contributed by atoms with E-state index in [1.165, 1.54) is 20.3 Å². The lowest BCUT2D eigenvalue weighted by Crippen LogP contribution is -2.57. The summed E-state index contributed by atoms with van der Waals surface area (Å²) in [5.74, 6) is -2.19. The molecule has 4 fully saturated rings. The number of hydrogen-bond donors (Lipinski definition) is 6. The largest absolute Gasteiger partial charge is 0.453 e. The van der Waals surface area contributed by atoms with Gasteiger partial charge >= 0.3 is 12.2 Å². The lowest BCUT2D eigenvalue weighted by atomic mass is 9.98. The number of H-pyrrole nitrogens is 2. The third-order valence-corrected chi connectivity index (χ3v) is 16.1. The molecular weight excluding hydrogens is 937 g/mol. The number of rotatable bonds is 13. The van der Waals surface area contributed by atoms with E-state index in [9.17, 15) is 24.3 Å². The fraction of sp³-hybridized carbons (Fsp3) is 0.527. The number of aromatic nitrogens is 4. The Morgan fingerprint density at radius 3 is 2.04 bits per heavy atom. The molecule has 0 radical (unpaired) electrons. The molecule has 3 aliphatic carbocycles. The van der Waals surface area contributed by atoms with Gasteiger partial charge in [-0.2, -0.15) is 8.78 Å². The van der Waals surface area contributed by atoms with Gasteiger partial charge in [0.2, 0.25) is 11.8 Å². The summed E-state index contributed by atoms with van der Waals surface area (Å²) in [4.78, 5) is 70.9. The molecule has 3 aromatic carbocycles. The van der Waals surface area contributed by atoms with Gasteiger partial charge in [0.1, 0.15) is 23.7 Å². The van der Waals surface area contributed by atoms with Crippen LogP contribution in [0, 0.1) is 29.1 Å². The van der Waals surface area contributed by atoms with Crippen LogP contribution in [-0.4, -0.2) is 111 Å². The number of imidazole rings is 2. The number of hydrogen-bond acceptors (Lipinski definition) is 10. The molecule has 16 nitrogen and oxygen atoms in total. The zero-order valence-corrected chi connectivity index (χ0v) is 43.1. The van der Waals surface area contributed by atoms with Gasteiger partial charge in [0, 0.05) is 35.3 Å². The fourth-order valence-electron chi connectivity index (χ4n) is 11.4. The van der Waals surface area contributed by atoms with Crippen molar-refractivity contribution in [1.29, 1.82) is 0 Å². The number of carbonyl (C=O) groups is 4. The summed E-state index contributed by atoms with van der Waals surface area (Å²) in [5.41, 5.74) is 5.03. The Morgan fingerprint density at radius 2 is 1.41 bits per heavy atom. The summed E-state index contributed by atoms with van der Waals surface area (Å²) in [7, 11) is 2.59. The van der Waals surface area contributed by atoms with E-state index < -0.39 is 36.0 Å². The Balaban J connectivity index is 0.000000595. The molecule has 2 aromatic heterocycles. The highest BCUT2D eigenvalue weighted by Gasteiger charge is 2.55. The second-order valence-corrected chi connectivity index (χ2v) is 21.9. The van der Waals surface area contributed by atoms with Crippen LogP contribution in [0.2, 0.25) is 0 Å². The molecule has 10 rings (SSSR count). The zero-order chi connectivity index (χ0) is 52.3. The van der Waals surface area contributed by atoms with E-state index in [1.54, 1.807) is 43.1 Å². The highest BCUT2D eigenvalue weighted by Crippen LogP contribution is 2.59. The third kappa shape index (κ3) is 9.91. The molecule has 5 aromatic rings. The first-order chi connectivity index (χ1) is 34.8. The Bertz CT molecular complexity index is 2890. The summed E-state index contributed by atoms with van der Waals surface area (Å²) in [6.45, 7) is 13.9. The Labute approximate surface area is 424 Å². The summed E-state index contributed by atoms with van der Waals surface area (Å²) < 4.78 is 42.4. The molecule has 2 saturated heterocycles. The van der Waals surface area contributed by atoms with Gasteiger partial charge in [0.05, 0.1) is 56.0 Å². The number of fused-ring (bicyclic) bond motifs is 6. The molecule has 4 amide bonds. The van der Waals surface area contributed by atoms with E-state index in [0.29, 0.717) is 64.6 Å². The molecular formula is C55H69F2N9O7. The maximum Gasteiger partial charge on any atom is 0.407 e. The predicted octanol–water partition coefficient (Wildman–Crippen LogP) is 9.18. The zero-order valence-electron chi connectivity index (χ0n) is 43.1. The molecule has 5 aliphatic rings. The lowest BCUT2D eigenvalue weighted by Gasteiger charge is -2.32. The number of halogens is 2. The van der Waals surface area contributed by atoms with Gasteiger partial charge in [-0.3, -0.25) is 14.5 Å². The fourth-order valence-corrected chi connectivity index (χ4v) is 11.4. The SMILES string of the molecule is COC(=O)NC(C(=O)NC(C(=O)N1CC2(CC2)CC1c1ncc(-c2ccc3c(c2)C(F)(F)c2cc(-c4ccc5nc(C6C7CCC(C7)N6CO)[nH]c5c4)ccc2-3)[nH]1)C(C)C)C(C)C.COC(=O)NC(C)C(C)C. The second-order valence-electron chi connectivity index (χ2n) is 21.9. The van der Waals surface area contributed by atoms with Crippen LogP contribution in [0.3, 0.4) is 0 Å². The van der Waals surface area contributed by atoms with Gasteiger partial charge in [-0.15, -0.1) is 0 Å². The van der Waals surface area contributed by atoms with Crippen molar-refractivity contribution in [2.45, 2.75) is 129 Å². The molecule has 2 saturated carbocycles. The van der Waals surface area contributed by atoms with Crippen molar-refractivity contribution in [1.82, 2.24) is 45.7 Å². The number of nitrogens with one attached hydrogen (secondary N) is 5. The number of likely N-dealkylation sites (tertiary alicyclic amines) is 2. The van der Waals surface area contributed by atoms with E-state index in [-0.39, 0.29) is 59.2 Å². The van der Waals surface area contributed by atoms with Crippen LogP contribution >= 0.6 is 0 Å².